The second kappa shape index (κ2) is 5.42. The molecule has 0 aliphatic heterocycles. The molecular formula is C11H9BrN2O2. The monoisotopic (exact) mass is 280 g/mol. The summed E-state index contributed by atoms with van der Waals surface area (Å²) >= 11 is 3.27. The van der Waals surface area contributed by atoms with Crippen molar-refractivity contribution in [1.82, 2.24) is 0 Å². The molecular weight excluding hydrogens is 272 g/mol. The van der Waals surface area contributed by atoms with Crippen molar-refractivity contribution in [3.05, 3.63) is 51.6 Å². The van der Waals surface area contributed by atoms with Crippen molar-refractivity contribution < 1.29 is 4.92 Å². The first kappa shape index (κ1) is 12.4. The average molecular weight is 281 g/mol. The van der Waals surface area contributed by atoms with Gasteiger partial charge in [0.15, 0.2) is 0 Å². The summed E-state index contributed by atoms with van der Waals surface area (Å²) in [6.07, 6.45) is 0.548. The van der Waals surface area contributed by atoms with Crippen LogP contribution in [0, 0.1) is 21.4 Å². The van der Waals surface area contributed by atoms with Gasteiger partial charge in [-0.2, -0.15) is 5.26 Å². The highest BCUT2D eigenvalue weighted by Crippen LogP contribution is 2.19. The molecule has 5 heteroatoms. The molecule has 0 amide bonds. The van der Waals surface area contributed by atoms with Crippen molar-refractivity contribution in [2.45, 2.75) is 6.42 Å². The lowest BCUT2D eigenvalue weighted by molar-refractivity contribution is -0.384. The quantitative estimate of drug-likeness (QED) is 0.369. The van der Waals surface area contributed by atoms with Crippen LogP contribution >= 0.6 is 15.9 Å². The Morgan fingerprint density at radius 1 is 1.62 bits per heavy atom. The van der Waals surface area contributed by atoms with Gasteiger partial charge in [-0.1, -0.05) is 34.1 Å². The summed E-state index contributed by atoms with van der Waals surface area (Å²) in [6, 6.07) is 6.25. The maximum atomic E-state index is 10.5. The SMILES string of the molecule is C=C(CBr)Cc1ccc([N+](=O)[O-])cc1C#N. The van der Waals surface area contributed by atoms with Crippen LogP contribution in [0.25, 0.3) is 0 Å². The number of nitrogens with zero attached hydrogens (tertiary/aromatic N) is 2. The van der Waals surface area contributed by atoms with E-state index in [1.54, 1.807) is 6.07 Å². The van der Waals surface area contributed by atoms with E-state index in [1.165, 1.54) is 12.1 Å². The Morgan fingerprint density at radius 3 is 2.81 bits per heavy atom. The highest BCUT2D eigenvalue weighted by Gasteiger charge is 2.10. The third kappa shape index (κ3) is 2.91. The standard InChI is InChI=1S/C11H9BrN2O2/c1-8(6-12)4-9-2-3-11(14(15)16)5-10(9)7-13/h2-3,5H,1,4,6H2. The van der Waals surface area contributed by atoms with E-state index in [9.17, 15) is 10.1 Å². The Morgan fingerprint density at radius 2 is 2.31 bits per heavy atom. The molecule has 1 rings (SSSR count). The molecule has 1 aromatic carbocycles. The summed E-state index contributed by atoms with van der Waals surface area (Å²) in [4.78, 5) is 10.0. The van der Waals surface area contributed by atoms with Gasteiger partial charge in [-0.05, 0) is 12.0 Å². The van der Waals surface area contributed by atoms with Gasteiger partial charge >= 0.3 is 0 Å². The molecule has 1 aromatic rings. The highest BCUT2D eigenvalue weighted by atomic mass is 79.9. The number of hydrogen-bond acceptors (Lipinski definition) is 3. The van der Waals surface area contributed by atoms with Crippen LogP contribution in [0.1, 0.15) is 11.1 Å². The normalized spacial score (nSPS) is 9.50. The predicted molar refractivity (Wildman–Crippen MR) is 64.4 cm³/mol. The summed E-state index contributed by atoms with van der Waals surface area (Å²) in [5.74, 6) is 0. The molecule has 0 atom stereocenters. The zero-order valence-corrected chi connectivity index (χ0v) is 10.0. The summed E-state index contributed by atoms with van der Waals surface area (Å²) in [5, 5.41) is 20.1. The van der Waals surface area contributed by atoms with Gasteiger partial charge in [-0.25, -0.2) is 0 Å². The molecule has 4 nitrogen and oxygen atoms in total. The molecule has 82 valence electrons. The lowest BCUT2D eigenvalue weighted by Crippen LogP contribution is -1.96. The third-order valence-corrected chi connectivity index (χ3v) is 2.85. The molecule has 0 saturated carbocycles. The number of alkyl halides is 1. The number of nitro groups is 1. The smallest absolute Gasteiger partial charge is 0.258 e. The Hall–Kier alpha value is -1.67. The first-order valence-electron chi connectivity index (χ1n) is 4.48. The van der Waals surface area contributed by atoms with Crippen LogP contribution < -0.4 is 0 Å². The molecule has 0 spiro atoms. The second-order valence-electron chi connectivity index (χ2n) is 3.27. The van der Waals surface area contributed by atoms with Crippen molar-refractivity contribution in [3.63, 3.8) is 0 Å². The first-order chi connectivity index (χ1) is 7.58. The van der Waals surface area contributed by atoms with E-state index < -0.39 is 4.92 Å². The first-order valence-corrected chi connectivity index (χ1v) is 5.60. The predicted octanol–water partition coefficient (Wildman–Crippen LogP) is 2.96. The number of rotatable bonds is 4. The topological polar surface area (TPSA) is 66.9 Å². The zero-order valence-electron chi connectivity index (χ0n) is 8.44. The fourth-order valence-electron chi connectivity index (χ4n) is 1.25. The fourth-order valence-corrected chi connectivity index (χ4v) is 1.45. The lowest BCUT2D eigenvalue weighted by atomic mass is 10.0. The largest absolute Gasteiger partial charge is 0.270 e. The zero-order chi connectivity index (χ0) is 12.1. The highest BCUT2D eigenvalue weighted by molar-refractivity contribution is 9.09. The van der Waals surface area contributed by atoms with Gasteiger partial charge in [0.2, 0.25) is 0 Å². The summed E-state index contributed by atoms with van der Waals surface area (Å²) < 4.78 is 0. The Labute approximate surface area is 101 Å². The van der Waals surface area contributed by atoms with Crippen molar-refractivity contribution >= 4 is 21.6 Å². The van der Waals surface area contributed by atoms with E-state index in [2.05, 4.69) is 22.5 Å². The van der Waals surface area contributed by atoms with Crippen LogP contribution in [-0.4, -0.2) is 10.3 Å². The number of non-ortho nitro benzene ring substituents is 1. The van der Waals surface area contributed by atoms with Crippen LogP contribution in [-0.2, 0) is 6.42 Å². The van der Waals surface area contributed by atoms with Gasteiger partial charge < -0.3 is 0 Å². The number of halogens is 1. The van der Waals surface area contributed by atoms with Gasteiger partial charge in [-0.15, -0.1) is 0 Å². The fraction of sp³-hybridized carbons (Fsp3) is 0.182. The van der Waals surface area contributed by atoms with Crippen molar-refractivity contribution in [1.29, 1.82) is 5.26 Å². The van der Waals surface area contributed by atoms with Crippen molar-refractivity contribution in [3.8, 4) is 6.07 Å². The van der Waals surface area contributed by atoms with E-state index in [0.717, 1.165) is 11.1 Å². The van der Waals surface area contributed by atoms with Crippen LogP contribution in [0.3, 0.4) is 0 Å². The van der Waals surface area contributed by atoms with Crippen molar-refractivity contribution in [2.75, 3.05) is 5.33 Å². The number of nitriles is 1. The lowest BCUT2D eigenvalue weighted by Gasteiger charge is -2.04. The molecule has 0 aliphatic carbocycles. The molecule has 0 heterocycles. The molecule has 0 aromatic heterocycles. The van der Waals surface area contributed by atoms with E-state index in [-0.39, 0.29) is 5.69 Å². The van der Waals surface area contributed by atoms with Crippen LogP contribution in [0.15, 0.2) is 30.4 Å². The molecule has 0 N–H and O–H groups in total. The molecule has 0 radical (unpaired) electrons. The van der Waals surface area contributed by atoms with Gasteiger partial charge in [-0.3, -0.25) is 10.1 Å². The van der Waals surface area contributed by atoms with Gasteiger partial charge in [0, 0.05) is 17.5 Å². The summed E-state index contributed by atoms with van der Waals surface area (Å²) in [5.41, 5.74) is 1.95. The minimum atomic E-state index is -0.510. The molecule has 0 bridgehead atoms. The van der Waals surface area contributed by atoms with E-state index in [4.69, 9.17) is 5.26 Å². The molecule has 0 saturated heterocycles. The molecule has 0 unspecified atom stereocenters. The van der Waals surface area contributed by atoms with Crippen molar-refractivity contribution in [2.24, 2.45) is 0 Å². The minimum Gasteiger partial charge on any atom is -0.258 e. The maximum absolute atomic E-state index is 10.5. The Kier molecular flexibility index (Phi) is 4.20. The Balaban J connectivity index is 3.08. The molecule has 16 heavy (non-hydrogen) atoms. The van der Waals surface area contributed by atoms with Crippen LogP contribution in [0.2, 0.25) is 0 Å². The van der Waals surface area contributed by atoms with E-state index in [1.807, 2.05) is 6.07 Å². The van der Waals surface area contributed by atoms with Gasteiger partial charge in [0.1, 0.15) is 0 Å². The van der Waals surface area contributed by atoms with E-state index >= 15 is 0 Å². The van der Waals surface area contributed by atoms with Crippen LogP contribution in [0.5, 0.6) is 0 Å². The summed E-state index contributed by atoms with van der Waals surface area (Å²) in [7, 11) is 0. The van der Waals surface area contributed by atoms with Gasteiger partial charge in [0.05, 0.1) is 16.6 Å². The second-order valence-corrected chi connectivity index (χ2v) is 3.83. The molecule has 0 fully saturated rings. The van der Waals surface area contributed by atoms with Gasteiger partial charge in [0.25, 0.3) is 5.69 Å². The average Bonchev–Trinajstić information content (AvgIpc) is 2.29. The minimum absolute atomic E-state index is 0.0650. The number of hydrogen-bond donors (Lipinski definition) is 0. The number of nitro benzene ring substituents is 1. The van der Waals surface area contributed by atoms with E-state index in [0.29, 0.717) is 17.3 Å². The number of benzene rings is 1. The third-order valence-electron chi connectivity index (χ3n) is 2.05. The van der Waals surface area contributed by atoms with Crippen LogP contribution in [0.4, 0.5) is 5.69 Å². The Bertz CT molecular complexity index is 477. The maximum Gasteiger partial charge on any atom is 0.270 e. The summed E-state index contributed by atoms with van der Waals surface area (Å²) in [6.45, 7) is 3.81. The number of allylic oxidation sites excluding steroid dienone is 1. The molecule has 0 aliphatic rings.